The highest BCUT2D eigenvalue weighted by molar-refractivity contribution is 5.90. The van der Waals surface area contributed by atoms with Crippen LogP contribution in [0.4, 0.5) is 5.82 Å². The fourth-order valence-electron chi connectivity index (χ4n) is 2.07. The van der Waals surface area contributed by atoms with E-state index in [0.29, 0.717) is 5.82 Å². The largest absolute Gasteiger partial charge is 0.316 e. The van der Waals surface area contributed by atoms with E-state index in [1.165, 1.54) is 19.3 Å². The summed E-state index contributed by atoms with van der Waals surface area (Å²) in [5, 5.41) is 17.8. The second kappa shape index (κ2) is 9.02. The molecule has 0 radical (unpaired) electrons. The van der Waals surface area contributed by atoms with Gasteiger partial charge in [0.15, 0.2) is 5.82 Å². The Labute approximate surface area is 125 Å². The lowest BCUT2D eigenvalue weighted by atomic mass is 10.2. The predicted octanol–water partition coefficient (Wildman–Crippen LogP) is 3.20. The lowest BCUT2D eigenvalue weighted by Crippen LogP contribution is -2.16. The van der Waals surface area contributed by atoms with Gasteiger partial charge in [0.05, 0.1) is 6.20 Å². The van der Waals surface area contributed by atoms with Crippen molar-refractivity contribution in [3.63, 3.8) is 0 Å². The average Bonchev–Trinajstić information content (AvgIpc) is 2.53. The van der Waals surface area contributed by atoms with Gasteiger partial charge < -0.3 is 5.32 Å². The SMILES string of the molecule is CCCCCNCC/C=N/Nc1nncc2ccccc12. The smallest absolute Gasteiger partial charge is 0.176 e. The molecule has 0 unspecified atom stereocenters. The fourth-order valence-corrected chi connectivity index (χ4v) is 2.07. The zero-order valence-electron chi connectivity index (χ0n) is 12.5. The van der Waals surface area contributed by atoms with Gasteiger partial charge in [-0.2, -0.15) is 10.2 Å². The van der Waals surface area contributed by atoms with Crippen molar-refractivity contribution in [2.75, 3.05) is 18.5 Å². The zero-order valence-corrected chi connectivity index (χ0v) is 12.5. The predicted molar refractivity (Wildman–Crippen MR) is 88.7 cm³/mol. The number of hydrogen-bond donors (Lipinski definition) is 2. The van der Waals surface area contributed by atoms with Crippen molar-refractivity contribution in [2.45, 2.75) is 32.6 Å². The summed E-state index contributed by atoms with van der Waals surface area (Å²) in [6.45, 7) is 4.26. The van der Waals surface area contributed by atoms with E-state index in [4.69, 9.17) is 0 Å². The van der Waals surface area contributed by atoms with Gasteiger partial charge in [-0.25, -0.2) is 0 Å². The number of aromatic nitrogens is 2. The first-order valence-corrected chi connectivity index (χ1v) is 7.60. The molecular weight excluding hydrogens is 262 g/mol. The first-order chi connectivity index (χ1) is 10.4. The normalized spacial score (nSPS) is 11.3. The number of nitrogens with zero attached hydrogens (tertiary/aromatic N) is 3. The standard InChI is InChI=1S/C16H23N5/c1-2-3-6-10-17-11-7-12-18-20-16-15-9-5-4-8-14(15)13-19-21-16/h4-5,8-9,12-13,17H,2-3,6-7,10-11H2,1H3,(H,20,21)/b18-12+. The molecule has 0 aliphatic heterocycles. The summed E-state index contributed by atoms with van der Waals surface area (Å²) in [5.41, 5.74) is 2.97. The highest BCUT2D eigenvalue weighted by atomic mass is 15.3. The number of hydrogen-bond acceptors (Lipinski definition) is 5. The van der Waals surface area contributed by atoms with E-state index in [2.05, 4.69) is 33.0 Å². The summed E-state index contributed by atoms with van der Waals surface area (Å²) in [6.07, 6.45) is 8.33. The van der Waals surface area contributed by atoms with Crippen LogP contribution in [-0.2, 0) is 0 Å². The van der Waals surface area contributed by atoms with Gasteiger partial charge in [0, 0.05) is 23.5 Å². The Bertz CT molecular complexity index is 562. The number of rotatable bonds is 9. The molecule has 1 aromatic heterocycles. The molecule has 0 atom stereocenters. The topological polar surface area (TPSA) is 62.2 Å². The van der Waals surface area contributed by atoms with Crippen LogP contribution in [0.3, 0.4) is 0 Å². The Morgan fingerprint density at radius 1 is 1.19 bits per heavy atom. The van der Waals surface area contributed by atoms with Crippen LogP contribution in [0.5, 0.6) is 0 Å². The van der Waals surface area contributed by atoms with E-state index in [1.54, 1.807) is 6.20 Å². The van der Waals surface area contributed by atoms with E-state index in [-0.39, 0.29) is 0 Å². The maximum Gasteiger partial charge on any atom is 0.176 e. The van der Waals surface area contributed by atoms with Crippen molar-refractivity contribution in [1.82, 2.24) is 15.5 Å². The Morgan fingerprint density at radius 3 is 3.00 bits per heavy atom. The lowest BCUT2D eigenvalue weighted by molar-refractivity contribution is 0.625. The third-order valence-electron chi connectivity index (χ3n) is 3.24. The van der Waals surface area contributed by atoms with E-state index in [0.717, 1.165) is 30.3 Å². The Hall–Kier alpha value is -2.01. The second-order valence-electron chi connectivity index (χ2n) is 4.95. The molecule has 0 aliphatic rings. The first-order valence-electron chi connectivity index (χ1n) is 7.60. The minimum absolute atomic E-state index is 0.695. The van der Waals surface area contributed by atoms with Crippen molar-refractivity contribution in [3.05, 3.63) is 30.5 Å². The number of hydrazone groups is 1. The van der Waals surface area contributed by atoms with Crippen LogP contribution in [0.15, 0.2) is 35.6 Å². The third kappa shape index (κ3) is 5.11. The molecular formula is C16H23N5. The van der Waals surface area contributed by atoms with Gasteiger partial charge in [-0.15, -0.1) is 5.10 Å². The van der Waals surface area contributed by atoms with Crippen LogP contribution >= 0.6 is 0 Å². The average molecular weight is 285 g/mol. The molecule has 5 heteroatoms. The highest BCUT2D eigenvalue weighted by Crippen LogP contribution is 2.18. The van der Waals surface area contributed by atoms with Crippen LogP contribution in [-0.4, -0.2) is 29.5 Å². The van der Waals surface area contributed by atoms with Gasteiger partial charge in [0.1, 0.15) is 0 Å². The van der Waals surface area contributed by atoms with E-state index in [9.17, 15) is 0 Å². The molecule has 2 aromatic rings. The van der Waals surface area contributed by atoms with Crippen molar-refractivity contribution in [1.29, 1.82) is 0 Å². The molecule has 5 nitrogen and oxygen atoms in total. The van der Waals surface area contributed by atoms with Gasteiger partial charge in [-0.3, -0.25) is 5.43 Å². The van der Waals surface area contributed by atoms with Crippen molar-refractivity contribution in [2.24, 2.45) is 5.10 Å². The number of unbranched alkanes of at least 4 members (excludes halogenated alkanes) is 2. The maximum atomic E-state index is 4.21. The molecule has 2 N–H and O–H groups in total. The minimum atomic E-state index is 0.695. The molecule has 112 valence electrons. The third-order valence-corrected chi connectivity index (χ3v) is 3.24. The second-order valence-corrected chi connectivity index (χ2v) is 4.95. The molecule has 0 saturated carbocycles. The van der Waals surface area contributed by atoms with E-state index in [1.807, 2.05) is 30.5 Å². The molecule has 0 spiro atoms. The van der Waals surface area contributed by atoms with Crippen LogP contribution < -0.4 is 10.7 Å². The van der Waals surface area contributed by atoms with Crippen LogP contribution in [0.1, 0.15) is 32.6 Å². The Kier molecular flexibility index (Phi) is 6.61. The summed E-state index contributed by atoms with van der Waals surface area (Å²) in [7, 11) is 0. The molecule has 1 aromatic carbocycles. The molecule has 0 aliphatic carbocycles. The summed E-state index contributed by atoms with van der Waals surface area (Å²) in [5.74, 6) is 0.695. The molecule has 1 heterocycles. The Balaban J connectivity index is 1.73. The fraction of sp³-hybridized carbons (Fsp3) is 0.438. The van der Waals surface area contributed by atoms with E-state index >= 15 is 0 Å². The molecule has 0 amide bonds. The monoisotopic (exact) mass is 285 g/mol. The molecule has 0 fully saturated rings. The van der Waals surface area contributed by atoms with Crippen LogP contribution in [0, 0.1) is 0 Å². The minimum Gasteiger partial charge on any atom is -0.316 e. The summed E-state index contributed by atoms with van der Waals surface area (Å²) in [4.78, 5) is 0. The molecule has 2 rings (SSSR count). The van der Waals surface area contributed by atoms with Gasteiger partial charge in [0.25, 0.3) is 0 Å². The maximum absolute atomic E-state index is 4.21. The van der Waals surface area contributed by atoms with Gasteiger partial charge >= 0.3 is 0 Å². The van der Waals surface area contributed by atoms with Gasteiger partial charge in [-0.05, 0) is 19.4 Å². The first kappa shape index (κ1) is 15.4. The zero-order chi connectivity index (χ0) is 14.8. The number of fused-ring (bicyclic) bond motifs is 1. The number of benzene rings is 1. The van der Waals surface area contributed by atoms with Gasteiger partial charge in [0.2, 0.25) is 0 Å². The highest BCUT2D eigenvalue weighted by Gasteiger charge is 2.00. The number of nitrogens with one attached hydrogen (secondary N) is 2. The van der Waals surface area contributed by atoms with Crippen molar-refractivity contribution in [3.8, 4) is 0 Å². The number of anilines is 1. The quantitative estimate of drug-likeness (QED) is 0.422. The Morgan fingerprint density at radius 2 is 2.10 bits per heavy atom. The van der Waals surface area contributed by atoms with Crippen molar-refractivity contribution >= 4 is 22.8 Å². The van der Waals surface area contributed by atoms with Crippen LogP contribution in [0.2, 0.25) is 0 Å². The summed E-state index contributed by atoms with van der Waals surface area (Å²) in [6, 6.07) is 8.00. The van der Waals surface area contributed by atoms with Crippen LogP contribution in [0.25, 0.3) is 10.8 Å². The van der Waals surface area contributed by atoms with Crippen molar-refractivity contribution < 1.29 is 0 Å². The summed E-state index contributed by atoms with van der Waals surface area (Å²) >= 11 is 0. The molecule has 0 saturated heterocycles. The lowest BCUT2D eigenvalue weighted by Gasteiger charge is -2.03. The molecule has 21 heavy (non-hydrogen) atoms. The molecule has 0 bridgehead atoms. The van der Waals surface area contributed by atoms with Gasteiger partial charge in [-0.1, -0.05) is 44.0 Å². The summed E-state index contributed by atoms with van der Waals surface area (Å²) < 4.78 is 0. The van der Waals surface area contributed by atoms with E-state index < -0.39 is 0 Å².